The smallest absolute Gasteiger partial charge is 0.131 e. The van der Waals surface area contributed by atoms with Crippen molar-refractivity contribution in [3.63, 3.8) is 0 Å². The highest BCUT2D eigenvalue weighted by Crippen LogP contribution is 2.21. The molecule has 0 spiro atoms. The van der Waals surface area contributed by atoms with Gasteiger partial charge in [-0.1, -0.05) is 6.07 Å². The summed E-state index contributed by atoms with van der Waals surface area (Å²) in [5, 5.41) is 18.8. The van der Waals surface area contributed by atoms with Gasteiger partial charge in [0.1, 0.15) is 5.82 Å². The number of aromatic nitrogens is 1. The van der Waals surface area contributed by atoms with E-state index in [1.165, 1.54) is 0 Å². The molecule has 4 nitrogen and oxygen atoms in total. The van der Waals surface area contributed by atoms with Gasteiger partial charge in [-0.15, -0.1) is 0 Å². The first-order valence-electron chi connectivity index (χ1n) is 4.71. The van der Waals surface area contributed by atoms with Gasteiger partial charge in [0.15, 0.2) is 0 Å². The van der Waals surface area contributed by atoms with E-state index < -0.39 is 12.2 Å². The fourth-order valence-electron chi connectivity index (χ4n) is 1.75. The molecule has 1 saturated heterocycles. The summed E-state index contributed by atoms with van der Waals surface area (Å²) in [4.78, 5) is 6.14. The topological polar surface area (TPSA) is 56.6 Å². The number of rotatable bonds is 1. The molecule has 0 aliphatic carbocycles. The Morgan fingerprint density at radius 1 is 1.36 bits per heavy atom. The molecule has 0 radical (unpaired) electrons. The molecule has 2 N–H and O–H groups in total. The molecule has 0 amide bonds. The molecule has 0 saturated carbocycles. The minimum atomic E-state index is -0.656. The van der Waals surface area contributed by atoms with Crippen LogP contribution in [0.15, 0.2) is 18.3 Å². The van der Waals surface area contributed by atoms with Gasteiger partial charge in [-0.2, -0.15) is 0 Å². The summed E-state index contributed by atoms with van der Waals surface area (Å²) in [6.07, 6.45) is 0.409. The fourth-order valence-corrected chi connectivity index (χ4v) is 1.75. The van der Waals surface area contributed by atoms with E-state index in [9.17, 15) is 10.2 Å². The molecule has 76 valence electrons. The van der Waals surface area contributed by atoms with Crippen LogP contribution in [0.5, 0.6) is 0 Å². The lowest BCUT2D eigenvalue weighted by Crippen LogP contribution is -2.22. The van der Waals surface area contributed by atoms with Crippen molar-refractivity contribution in [1.82, 2.24) is 4.98 Å². The fraction of sp³-hybridized carbons (Fsp3) is 0.500. The van der Waals surface area contributed by atoms with Gasteiger partial charge in [-0.05, 0) is 18.6 Å². The number of aryl methyl sites for hydroxylation is 1. The predicted octanol–water partition coefficient (Wildman–Crippen LogP) is -0.0682. The Bertz CT molecular complexity index is 320. The Morgan fingerprint density at radius 3 is 2.57 bits per heavy atom. The van der Waals surface area contributed by atoms with Gasteiger partial charge >= 0.3 is 0 Å². The third kappa shape index (κ3) is 1.58. The number of aliphatic hydroxyl groups is 2. The molecule has 1 aromatic heterocycles. The van der Waals surface area contributed by atoms with Crippen molar-refractivity contribution < 1.29 is 10.2 Å². The van der Waals surface area contributed by atoms with Crippen molar-refractivity contribution >= 4 is 5.82 Å². The Hall–Kier alpha value is -1.13. The normalized spacial score (nSPS) is 26.9. The lowest BCUT2D eigenvalue weighted by atomic mass is 10.3. The van der Waals surface area contributed by atoms with Gasteiger partial charge in [-0.3, -0.25) is 0 Å². The molecule has 2 heterocycles. The van der Waals surface area contributed by atoms with E-state index in [0.717, 1.165) is 11.4 Å². The van der Waals surface area contributed by atoms with Crippen molar-refractivity contribution in [1.29, 1.82) is 0 Å². The van der Waals surface area contributed by atoms with Crippen LogP contribution in [-0.2, 0) is 0 Å². The van der Waals surface area contributed by atoms with E-state index in [0.29, 0.717) is 13.1 Å². The molecule has 0 aromatic carbocycles. The molecule has 14 heavy (non-hydrogen) atoms. The van der Waals surface area contributed by atoms with Crippen LogP contribution in [0.4, 0.5) is 5.82 Å². The summed E-state index contributed by atoms with van der Waals surface area (Å²) in [5.41, 5.74) is 1.06. The average Bonchev–Trinajstić information content (AvgIpc) is 2.48. The second kappa shape index (κ2) is 3.55. The zero-order valence-corrected chi connectivity index (χ0v) is 8.09. The molecule has 4 heteroatoms. The molecule has 2 unspecified atom stereocenters. The first-order chi connectivity index (χ1) is 6.68. The number of β-amino-alcohol motifs (C(OH)–C–C–N with tert-alkyl or cyclic N) is 2. The zero-order chi connectivity index (χ0) is 10.1. The van der Waals surface area contributed by atoms with Crippen LogP contribution >= 0.6 is 0 Å². The maximum atomic E-state index is 9.40. The van der Waals surface area contributed by atoms with Crippen LogP contribution in [0.1, 0.15) is 5.56 Å². The highest BCUT2D eigenvalue weighted by molar-refractivity contribution is 5.47. The monoisotopic (exact) mass is 194 g/mol. The van der Waals surface area contributed by atoms with Gasteiger partial charge in [0, 0.05) is 19.3 Å². The Morgan fingerprint density at radius 2 is 2.00 bits per heavy atom. The second-order valence-corrected chi connectivity index (χ2v) is 3.68. The number of pyridine rings is 1. The van der Waals surface area contributed by atoms with E-state index in [1.807, 2.05) is 24.0 Å². The van der Waals surface area contributed by atoms with Crippen LogP contribution in [-0.4, -0.2) is 40.5 Å². The first kappa shape index (κ1) is 9.43. The minimum absolute atomic E-state index is 0.457. The summed E-state index contributed by atoms with van der Waals surface area (Å²) in [5.74, 6) is 0.850. The number of hydrogen-bond donors (Lipinski definition) is 2. The van der Waals surface area contributed by atoms with Gasteiger partial charge in [0.05, 0.1) is 12.2 Å². The molecule has 1 aliphatic rings. The van der Waals surface area contributed by atoms with Gasteiger partial charge in [0.2, 0.25) is 0 Å². The molecule has 2 atom stereocenters. The standard InChI is InChI=1S/C10H14N2O2/c1-7-3-2-4-11-10(7)12-5-8(13)9(14)6-12/h2-4,8-9,13-14H,5-6H2,1H3. The third-order valence-corrected chi connectivity index (χ3v) is 2.54. The zero-order valence-electron chi connectivity index (χ0n) is 8.09. The largest absolute Gasteiger partial charge is 0.389 e. The molecule has 1 aliphatic heterocycles. The van der Waals surface area contributed by atoms with E-state index in [4.69, 9.17) is 0 Å². The summed E-state index contributed by atoms with van der Waals surface area (Å²) < 4.78 is 0. The Kier molecular flexibility index (Phi) is 2.39. The summed E-state index contributed by atoms with van der Waals surface area (Å²) in [6, 6.07) is 3.85. The van der Waals surface area contributed by atoms with E-state index in [-0.39, 0.29) is 0 Å². The number of hydrogen-bond acceptors (Lipinski definition) is 4. The van der Waals surface area contributed by atoms with E-state index >= 15 is 0 Å². The third-order valence-electron chi connectivity index (χ3n) is 2.54. The van der Waals surface area contributed by atoms with E-state index in [1.54, 1.807) is 6.20 Å². The van der Waals surface area contributed by atoms with Crippen molar-refractivity contribution in [2.24, 2.45) is 0 Å². The lowest BCUT2D eigenvalue weighted by molar-refractivity contribution is 0.0572. The quantitative estimate of drug-likeness (QED) is 0.657. The SMILES string of the molecule is Cc1cccnc1N1CC(O)C(O)C1. The second-order valence-electron chi connectivity index (χ2n) is 3.68. The Balaban J connectivity index is 2.21. The molecule has 1 aromatic rings. The molecular weight excluding hydrogens is 180 g/mol. The van der Waals surface area contributed by atoms with Crippen LogP contribution in [0, 0.1) is 6.92 Å². The predicted molar refractivity (Wildman–Crippen MR) is 53.2 cm³/mol. The average molecular weight is 194 g/mol. The van der Waals surface area contributed by atoms with Crippen LogP contribution in [0.25, 0.3) is 0 Å². The van der Waals surface area contributed by atoms with Crippen molar-refractivity contribution in [3.05, 3.63) is 23.9 Å². The van der Waals surface area contributed by atoms with Crippen molar-refractivity contribution in [2.45, 2.75) is 19.1 Å². The maximum Gasteiger partial charge on any atom is 0.131 e. The summed E-state index contributed by atoms with van der Waals surface area (Å²) >= 11 is 0. The van der Waals surface area contributed by atoms with E-state index in [2.05, 4.69) is 4.98 Å². The van der Waals surface area contributed by atoms with Crippen molar-refractivity contribution in [3.8, 4) is 0 Å². The van der Waals surface area contributed by atoms with Gasteiger partial charge in [0.25, 0.3) is 0 Å². The first-order valence-corrected chi connectivity index (χ1v) is 4.71. The maximum absolute atomic E-state index is 9.40. The lowest BCUT2D eigenvalue weighted by Gasteiger charge is -2.18. The number of anilines is 1. The molecule has 0 bridgehead atoms. The van der Waals surface area contributed by atoms with Crippen LogP contribution in [0.3, 0.4) is 0 Å². The number of aliphatic hydroxyl groups excluding tert-OH is 2. The summed E-state index contributed by atoms with van der Waals surface area (Å²) in [6.45, 7) is 2.89. The van der Waals surface area contributed by atoms with Gasteiger partial charge in [-0.25, -0.2) is 4.98 Å². The molecular formula is C10H14N2O2. The Labute approximate surface area is 82.8 Å². The minimum Gasteiger partial charge on any atom is -0.389 e. The van der Waals surface area contributed by atoms with Crippen LogP contribution < -0.4 is 4.90 Å². The highest BCUT2D eigenvalue weighted by atomic mass is 16.3. The molecule has 1 fully saturated rings. The number of nitrogens with zero attached hydrogens (tertiary/aromatic N) is 2. The highest BCUT2D eigenvalue weighted by Gasteiger charge is 2.30. The van der Waals surface area contributed by atoms with Crippen LogP contribution in [0.2, 0.25) is 0 Å². The molecule has 2 rings (SSSR count). The summed E-state index contributed by atoms with van der Waals surface area (Å²) in [7, 11) is 0. The van der Waals surface area contributed by atoms with Crippen molar-refractivity contribution in [2.75, 3.05) is 18.0 Å². The van der Waals surface area contributed by atoms with Gasteiger partial charge < -0.3 is 15.1 Å².